The van der Waals surface area contributed by atoms with Gasteiger partial charge in [0.1, 0.15) is 0 Å². The Hall–Kier alpha value is -0.167. The second kappa shape index (κ2) is 15.8. The van der Waals surface area contributed by atoms with Crippen molar-refractivity contribution in [1.82, 2.24) is 0 Å². The van der Waals surface area contributed by atoms with Crippen LogP contribution in [0.4, 0.5) is 0 Å². The van der Waals surface area contributed by atoms with Gasteiger partial charge >= 0.3 is 0 Å². The molecule has 0 fully saturated rings. The molecule has 0 heterocycles. The van der Waals surface area contributed by atoms with Gasteiger partial charge in [-0.2, -0.15) is 0 Å². The summed E-state index contributed by atoms with van der Waals surface area (Å²) >= 11 is 0. The van der Waals surface area contributed by atoms with Crippen LogP contribution in [0, 0.1) is 14.9 Å². The van der Waals surface area contributed by atoms with Gasteiger partial charge in [-0.3, -0.25) is 0 Å². The maximum Gasteiger partial charge on any atom is 0.0716 e. The van der Waals surface area contributed by atoms with Crippen LogP contribution in [0.25, 0.3) is 5.73 Å². The number of rotatable bonds is 1. The molecule has 0 aromatic rings. The van der Waals surface area contributed by atoms with Crippen LogP contribution in [0.1, 0.15) is 0 Å². The summed E-state index contributed by atoms with van der Waals surface area (Å²) in [6.07, 6.45) is 0.944. The van der Waals surface area contributed by atoms with Gasteiger partial charge in [0.2, 0.25) is 0 Å². The second-order valence-electron chi connectivity index (χ2n) is 0.568. The minimum atomic E-state index is -0.731. The Bertz CT molecular complexity index is 63.4. The molecule has 0 aromatic heterocycles. The van der Waals surface area contributed by atoms with Crippen molar-refractivity contribution in [2.75, 3.05) is 0 Å². The predicted octanol–water partition coefficient (Wildman–Crippen LogP) is 1.65. The van der Waals surface area contributed by atoms with E-state index >= 15 is 0 Å². The number of hydrogen-bond donors (Lipinski definition) is 0. The number of amides is 1. The van der Waals surface area contributed by atoms with Gasteiger partial charge < -0.3 is 25.4 Å². The molecule has 0 saturated heterocycles. The fourth-order valence-corrected chi connectivity index (χ4v) is 0. The van der Waals surface area contributed by atoms with E-state index < -0.39 is 5.91 Å². The molecular weight excluding hydrogens is 155 g/mol. The van der Waals surface area contributed by atoms with E-state index in [0.29, 0.717) is 0 Å². The van der Waals surface area contributed by atoms with Gasteiger partial charge in [0.15, 0.2) is 0 Å². The van der Waals surface area contributed by atoms with E-state index in [9.17, 15) is 4.79 Å². The summed E-state index contributed by atoms with van der Waals surface area (Å²) in [5.41, 5.74) is 6.07. The summed E-state index contributed by atoms with van der Waals surface area (Å²) in [6.45, 7) is 3.02. The number of hydrogen-bond acceptors (Lipinski definition) is 1. The van der Waals surface area contributed by atoms with Crippen LogP contribution in [-0.2, 0) is 24.3 Å². The van der Waals surface area contributed by atoms with Gasteiger partial charge in [0.25, 0.3) is 0 Å². The van der Waals surface area contributed by atoms with Gasteiger partial charge in [-0.25, -0.2) is 0 Å². The van der Waals surface area contributed by atoms with Crippen molar-refractivity contribution in [3.05, 3.63) is 33.2 Å². The zero-order chi connectivity index (χ0) is 4.28. The monoisotopic (exact) mass is 164 g/mol. The minimum absolute atomic E-state index is 0. The molecule has 46 valence electrons. The first-order valence-electron chi connectivity index (χ1n) is 1.15. The van der Waals surface area contributed by atoms with E-state index in [0.717, 1.165) is 6.08 Å². The van der Waals surface area contributed by atoms with E-state index in [2.05, 4.69) is 6.58 Å². The molecule has 0 aliphatic rings. The minimum Gasteiger partial charge on any atom is -0.664 e. The van der Waals surface area contributed by atoms with E-state index in [1.54, 1.807) is 0 Å². The zero-order valence-electron chi connectivity index (χ0n) is 5.40. The maximum absolute atomic E-state index is 9.36. The normalized spacial score (nSPS) is 4.00. The van der Waals surface area contributed by atoms with Crippen molar-refractivity contribution in [2.45, 2.75) is 0 Å². The molecule has 0 radical (unpaired) electrons. The van der Waals surface area contributed by atoms with Crippen LogP contribution in [0.2, 0.25) is 0 Å². The molecule has 0 aromatic carbocycles. The van der Waals surface area contributed by atoms with E-state index in [-0.39, 0.29) is 34.3 Å². The van der Waals surface area contributed by atoms with Gasteiger partial charge in [-0.05, 0) is 6.08 Å². The molecule has 0 spiro atoms. The van der Waals surface area contributed by atoms with Crippen LogP contribution in [0.3, 0.4) is 0 Å². The van der Waals surface area contributed by atoms with Gasteiger partial charge in [0, 0.05) is 19.5 Å². The van der Waals surface area contributed by atoms with E-state index in [1.807, 2.05) is 0 Å². The molecule has 0 aliphatic heterocycles. The Balaban J connectivity index is -0.0000000267. The first-order chi connectivity index (χ1) is 2.27. The molecular formula is C5H10NOZn-3. The van der Waals surface area contributed by atoms with Crippen molar-refractivity contribution in [1.29, 1.82) is 0 Å². The van der Waals surface area contributed by atoms with Gasteiger partial charge in [-0.1, -0.05) is 6.58 Å². The fourth-order valence-electron chi connectivity index (χ4n) is 0. The van der Waals surface area contributed by atoms with Crippen LogP contribution >= 0.6 is 0 Å². The molecule has 0 rings (SSSR count). The third-order valence-corrected chi connectivity index (χ3v) is 0.185. The van der Waals surface area contributed by atoms with E-state index in [1.165, 1.54) is 0 Å². The van der Waals surface area contributed by atoms with Crippen molar-refractivity contribution < 1.29 is 24.3 Å². The summed E-state index contributed by atoms with van der Waals surface area (Å²) in [6, 6.07) is 0. The van der Waals surface area contributed by atoms with Crippen LogP contribution in [-0.4, -0.2) is 5.91 Å². The number of carbonyl (C=O) groups is 1. The summed E-state index contributed by atoms with van der Waals surface area (Å²) in [5, 5.41) is 0. The molecule has 1 N–H and O–H groups in total. The first kappa shape index (κ1) is 24.9. The molecule has 0 unspecified atom stereocenters. The molecule has 0 saturated carbocycles. The Morgan fingerprint density at radius 3 is 1.62 bits per heavy atom. The third kappa shape index (κ3) is 40.5. The number of nitrogens with one attached hydrogen (secondary N) is 1. The zero-order valence-corrected chi connectivity index (χ0v) is 8.37. The number of carbonyl (C=O) groups excluding carboxylic acids is 1. The molecule has 8 heavy (non-hydrogen) atoms. The van der Waals surface area contributed by atoms with E-state index in [4.69, 9.17) is 5.73 Å². The van der Waals surface area contributed by atoms with Crippen LogP contribution in [0.5, 0.6) is 0 Å². The summed E-state index contributed by atoms with van der Waals surface area (Å²) < 4.78 is 0. The third-order valence-electron chi connectivity index (χ3n) is 0.185. The van der Waals surface area contributed by atoms with Crippen molar-refractivity contribution in [2.24, 2.45) is 0 Å². The average molecular weight is 166 g/mol. The largest absolute Gasteiger partial charge is 0.664 e. The molecule has 1 amide bonds. The predicted molar refractivity (Wildman–Crippen MR) is 32.4 cm³/mol. The molecule has 0 aliphatic carbocycles. The van der Waals surface area contributed by atoms with Crippen LogP contribution < -0.4 is 0 Å². The van der Waals surface area contributed by atoms with Crippen molar-refractivity contribution in [3.63, 3.8) is 0 Å². The maximum atomic E-state index is 9.36. The average Bonchev–Trinajstić information content (AvgIpc) is 1.38. The summed E-state index contributed by atoms with van der Waals surface area (Å²) in [4.78, 5) is 9.36. The Kier molecular flexibility index (Phi) is 49.2. The summed E-state index contributed by atoms with van der Waals surface area (Å²) in [7, 11) is 0. The van der Waals surface area contributed by atoms with Crippen molar-refractivity contribution in [3.8, 4) is 0 Å². The smallest absolute Gasteiger partial charge is 0.0716 e. The molecule has 3 heteroatoms. The quantitative estimate of drug-likeness (QED) is 0.331. The Morgan fingerprint density at radius 1 is 1.50 bits per heavy atom. The van der Waals surface area contributed by atoms with Gasteiger partial charge in [-0.15, -0.1) is 0 Å². The molecule has 0 atom stereocenters. The Morgan fingerprint density at radius 2 is 1.62 bits per heavy atom. The Labute approximate surface area is 63.9 Å². The standard InChI is InChI=1S/C3H5NO.2CH3.Zn/c1-2-3(4)5;;;/h2H,1H2,(H2,4,5);2*1H3;/q;2*-1;/p-1. The van der Waals surface area contributed by atoms with Crippen molar-refractivity contribution >= 4 is 5.91 Å². The second-order valence-corrected chi connectivity index (χ2v) is 0.568. The first-order valence-corrected chi connectivity index (χ1v) is 1.15. The SMILES string of the molecule is C=CC([NH-])=O.[CH3-].[CH3-].[Zn]. The molecule has 0 bridgehead atoms. The molecule has 2 nitrogen and oxygen atoms in total. The summed E-state index contributed by atoms with van der Waals surface area (Å²) in [5.74, 6) is -0.731. The topological polar surface area (TPSA) is 40.9 Å². The fraction of sp³-hybridized carbons (Fsp3) is 0. The van der Waals surface area contributed by atoms with Crippen LogP contribution in [0.15, 0.2) is 12.7 Å². The van der Waals surface area contributed by atoms with Gasteiger partial charge in [0.05, 0.1) is 5.91 Å².